The molecule has 86 valence electrons. The highest BCUT2D eigenvalue weighted by molar-refractivity contribution is 5.37. The Morgan fingerprint density at radius 3 is 2.60 bits per heavy atom. The lowest BCUT2D eigenvalue weighted by atomic mass is 10.3. The van der Waals surface area contributed by atoms with Gasteiger partial charge >= 0.3 is 6.18 Å². The van der Waals surface area contributed by atoms with E-state index in [1.54, 1.807) is 0 Å². The Kier molecular flexibility index (Phi) is 3.60. The monoisotopic (exact) mass is 221 g/mol. The molecule has 0 atom stereocenters. The molecule has 1 aromatic rings. The molecule has 0 radical (unpaired) electrons. The highest BCUT2D eigenvalue weighted by Gasteiger charge is 2.34. The highest BCUT2D eigenvalue weighted by Crippen LogP contribution is 2.29. The van der Waals surface area contributed by atoms with Gasteiger partial charge in [-0.3, -0.25) is 4.68 Å². The summed E-state index contributed by atoms with van der Waals surface area (Å²) in [5, 5.41) is 6.30. The van der Waals surface area contributed by atoms with Gasteiger partial charge in [0.2, 0.25) is 0 Å². The van der Waals surface area contributed by atoms with Crippen LogP contribution >= 0.6 is 0 Å². The third-order valence-corrected chi connectivity index (χ3v) is 2.01. The standard InChI is InChI=1S/C9H14F3N3/c1-3-4-5-13-8-6-7(9(10,11)12)14-15(8)2/h6,13H,3-5H2,1-2H3. The van der Waals surface area contributed by atoms with E-state index >= 15 is 0 Å². The number of hydrogen-bond donors (Lipinski definition) is 1. The maximum absolute atomic E-state index is 12.3. The number of aromatic nitrogens is 2. The lowest BCUT2D eigenvalue weighted by Gasteiger charge is -2.03. The van der Waals surface area contributed by atoms with Crippen LogP contribution in [0.4, 0.5) is 19.0 Å². The first-order chi connectivity index (χ1) is 6.95. The van der Waals surface area contributed by atoms with Crippen LogP contribution in [0.15, 0.2) is 6.07 Å². The van der Waals surface area contributed by atoms with Crippen LogP contribution in [0.25, 0.3) is 0 Å². The van der Waals surface area contributed by atoms with Crippen molar-refractivity contribution in [3.05, 3.63) is 11.8 Å². The van der Waals surface area contributed by atoms with Gasteiger partial charge in [0, 0.05) is 19.7 Å². The zero-order valence-electron chi connectivity index (χ0n) is 8.73. The second kappa shape index (κ2) is 4.55. The van der Waals surface area contributed by atoms with E-state index in [-0.39, 0.29) is 0 Å². The predicted molar refractivity (Wildman–Crippen MR) is 51.6 cm³/mol. The zero-order chi connectivity index (χ0) is 11.5. The normalized spacial score (nSPS) is 11.8. The molecule has 0 fully saturated rings. The zero-order valence-corrected chi connectivity index (χ0v) is 8.73. The molecule has 0 aromatic carbocycles. The fraction of sp³-hybridized carbons (Fsp3) is 0.667. The number of nitrogens with zero attached hydrogens (tertiary/aromatic N) is 2. The molecule has 6 heteroatoms. The van der Waals surface area contributed by atoms with Gasteiger partial charge in [-0.1, -0.05) is 13.3 Å². The van der Waals surface area contributed by atoms with E-state index in [2.05, 4.69) is 10.4 Å². The second-order valence-electron chi connectivity index (χ2n) is 3.32. The Morgan fingerprint density at radius 1 is 1.47 bits per heavy atom. The molecule has 0 spiro atoms. The number of unbranched alkanes of at least 4 members (excludes halogenated alkanes) is 1. The van der Waals surface area contributed by atoms with Crippen LogP contribution in [0.2, 0.25) is 0 Å². The van der Waals surface area contributed by atoms with Crippen LogP contribution in [0.5, 0.6) is 0 Å². The average Bonchev–Trinajstić information content (AvgIpc) is 2.48. The largest absolute Gasteiger partial charge is 0.435 e. The molecule has 0 aliphatic carbocycles. The molecule has 0 bridgehead atoms. The summed E-state index contributed by atoms with van der Waals surface area (Å²) < 4.78 is 38.0. The number of anilines is 1. The fourth-order valence-corrected chi connectivity index (χ4v) is 1.16. The first-order valence-corrected chi connectivity index (χ1v) is 4.80. The third-order valence-electron chi connectivity index (χ3n) is 2.01. The van der Waals surface area contributed by atoms with Gasteiger partial charge in [-0.15, -0.1) is 0 Å². The summed E-state index contributed by atoms with van der Waals surface area (Å²) in [6.45, 7) is 2.68. The topological polar surface area (TPSA) is 29.9 Å². The Morgan fingerprint density at radius 2 is 2.13 bits per heavy atom. The van der Waals surface area contributed by atoms with Gasteiger partial charge in [0.1, 0.15) is 5.82 Å². The number of rotatable bonds is 4. The molecule has 1 rings (SSSR count). The quantitative estimate of drug-likeness (QED) is 0.792. The lowest BCUT2D eigenvalue weighted by Crippen LogP contribution is -2.07. The van der Waals surface area contributed by atoms with E-state index in [0.29, 0.717) is 12.4 Å². The summed E-state index contributed by atoms with van der Waals surface area (Å²) in [6, 6.07) is 1.02. The van der Waals surface area contributed by atoms with Gasteiger partial charge in [0.05, 0.1) is 0 Å². The minimum Gasteiger partial charge on any atom is -0.370 e. The van der Waals surface area contributed by atoms with E-state index in [0.717, 1.165) is 18.9 Å². The summed E-state index contributed by atoms with van der Waals surface area (Å²) >= 11 is 0. The summed E-state index contributed by atoms with van der Waals surface area (Å²) in [7, 11) is 1.49. The molecular formula is C9H14F3N3. The molecule has 15 heavy (non-hydrogen) atoms. The summed E-state index contributed by atoms with van der Waals surface area (Å²) in [4.78, 5) is 0. The first kappa shape index (κ1) is 11.9. The van der Waals surface area contributed by atoms with Crippen LogP contribution in [-0.4, -0.2) is 16.3 Å². The fourth-order valence-electron chi connectivity index (χ4n) is 1.16. The second-order valence-corrected chi connectivity index (χ2v) is 3.32. The molecule has 0 aliphatic heterocycles. The van der Waals surface area contributed by atoms with Crippen LogP contribution < -0.4 is 5.32 Å². The molecule has 0 aliphatic rings. The van der Waals surface area contributed by atoms with Crippen molar-refractivity contribution in [2.24, 2.45) is 7.05 Å². The SMILES string of the molecule is CCCCNc1cc(C(F)(F)F)nn1C. The molecule has 0 saturated carbocycles. The van der Waals surface area contributed by atoms with Crippen molar-refractivity contribution in [2.75, 3.05) is 11.9 Å². The number of hydrogen-bond acceptors (Lipinski definition) is 2. The Bertz CT molecular complexity index is 317. The van der Waals surface area contributed by atoms with Gasteiger partial charge in [-0.05, 0) is 6.42 Å². The van der Waals surface area contributed by atoms with Gasteiger partial charge in [-0.2, -0.15) is 18.3 Å². The Balaban J connectivity index is 2.69. The van der Waals surface area contributed by atoms with E-state index in [1.807, 2.05) is 6.92 Å². The molecule has 3 nitrogen and oxygen atoms in total. The van der Waals surface area contributed by atoms with Gasteiger partial charge in [0.15, 0.2) is 5.69 Å². The van der Waals surface area contributed by atoms with Crippen molar-refractivity contribution < 1.29 is 13.2 Å². The van der Waals surface area contributed by atoms with Crippen molar-refractivity contribution in [3.8, 4) is 0 Å². The van der Waals surface area contributed by atoms with E-state index < -0.39 is 11.9 Å². The molecule has 0 unspecified atom stereocenters. The minimum absolute atomic E-state index is 0.399. The van der Waals surface area contributed by atoms with Gasteiger partial charge in [0.25, 0.3) is 0 Å². The average molecular weight is 221 g/mol. The smallest absolute Gasteiger partial charge is 0.370 e. The van der Waals surface area contributed by atoms with E-state index in [9.17, 15) is 13.2 Å². The molecule has 0 saturated heterocycles. The van der Waals surface area contributed by atoms with Crippen molar-refractivity contribution >= 4 is 5.82 Å². The molecule has 1 N–H and O–H groups in total. The Hall–Kier alpha value is -1.20. The summed E-state index contributed by atoms with van der Waals surface area (Å²) in [5.41, 5.74) is -0.857. The molecule has 0 amide bonds. The Labute approximate surface area is 86.3 Å². The van der Waals surface area contributed by atoms with Crippen LogP contribution in [0.1, 0.15) is 25.5 Å². The summed E-state index contributed by atoms with van der Waals surface area (Å²) in [5.74, 6) is 0.399. The van der Waals surface area contributed by atoms with E-state index in [4.69, 9.17) is 0 Å². The van der Waals surface area contributed by atoms with Crippen LogP contribution in [0.3, 0.4) is 0 Å². The van der Waals surface area contributed by atoms with Crippen LogP contribution in [0, 0.1) is 0 Å². The number of alkyl halides is 3. The molecular weight excluding hydrogens is 207 g/mol. The molecule has 1 heterocycles. The van der Waals surface area contributed by atoms with Gasteiger partial charge in [-0.25, -0.2) is 0 Å². The highest BCUT2D eigenvalue weighted by atomic mass is 19.4. The maximum Gasteiger partial charge on any atom is 0.435 e. The lowest BCUT2D eigenvalue weighted by molar-refractivity contribution is -0.141. The first-order valence-electron chi connectivity index (χ1n) is 4.80. The van der Waals surface area contributed by atoms with Crippen molar-refractivity contribution in [1.82, 2.24) is 9.78 Å². The third kappa shape index (κ3) is 3.14. The van der Waals surface area contributed by atoms with Gasteiger partial charge < -0.3 is 5.32 Å². The number of halogens is 3. The van der Waals surface area contributed by atoms with Crippen LogP contribution in [-0.2, 0) is 13.2 Å². The summed E-state index contributed by atoms with van der Waals surface area (Å²) in [6.07, 6.45) is -2.45. The van der Waals surface area contributed by atoms with E-state index in [1.165, 1.54) is 11.7 Å². The minimum atomic E-state index is -4.37. The van der Waals surface area contributed by atoms with Crippen molar-refractivity contribution in [1.29, 1.82) is 0 Å². The van der Waals surface area contributed by atoms with Crippen molar-refractivity contribution in [2.45, 2.75) is 25.9 Å². The number of nitrogens with one attached hydrogen (secondary N) is 1. The maximum atomic E-state index is 12.3. The molecule has 1 aromatic heterocycles. The van der Waals surface area contributed by atoms with Crippen molar-refractivity contribution in [3.63, 3.8) is 0 Å². The number of aryl methyl sites for hydroxylation is 1. The predicted octanol–water partition coefficient (Wildman–Crippen LogP) is 2.65.